The van der Waals surface area contributed by atoms with Crippen LogP contribution in [-0.4, -0.2) is 4.40 Å². The first-order chi connectivity index (χ1) is 23.2. The molecule has 2 heteroatoms. The molecule has 0 atom stereocenters. The Morgan fingerprint density at radius 3 is 1.70 bits per heavy atom. The smallest absolute Gasteiger partial charge is 0.0607 e. The third-order valence-corrected chi connectivity index (χ3v) is 8.63. The Hall–Kier alpha value is -5.86. The fourth-order valence-corrected chi connectivity index (χ4v) is 6.39. The van der Waals surface area contributed by atoms with Gasteiger partial charge in [-0.25, -0.2) is 0 Å². The van der Waals surface area contributed by atoms with Gasteiger partial charge in [-0.1, -0.05) is 128 Å². The van der Waals surface area contributed by atoms with Crippen molar-refractivity contribution in [2.75, 3.05) is 4.90 Å². The average molecular weight is 607 g/mol. The van der Waals surface area contributed by atoms with Crippen molar-refractivity contribution < 1.29 is 0 Å². The average Bonchev–Trinajstić information content (AvgIpc) is 3.53. The van der Waals surface area contributed by atoms with Gasteiger partial charge in [0.15, 0.2) is 0 Å². The van der Waals surface area contributed by atoms with Gasteiger partial charge in [0.05, 0.1) is 5.69 Å². The van der Waals surface area contributed by atoms with Crippen LogP contribution in [0.5, 0.6) is 0 Å². The van der Waals surface area contributed by atoms with Crippen molar-refractivity contribution in [3.63, 3.8) is 0 Å². The van der Waals surface area contributed by atoms with Gasteiger partial charge >= 0.3 is 0 Å². The second-order valence-corrected chi connectivity index (χ2v) is 11.7. The Bertz CT molecular complexity index is 2130. The molecule has 0 aliphatic heterocycles. The zero-order chi connectivity index (χ0) is 32.0. The summed E-state index contributed by atoms with van der Waals surface area (Å²) in [5, 5.41) is 0. The highest BCUT2D eigenvalue weighted by Crippen LogP contribution is 2.40. The second kappa shape index (κ2) is 13.6. The van der Waals surface area contributed by atoms with Gasteiger partial charge in [0.25, 0.3) is 0 Å². The predicted octanol–water partition coefficient (Wildman–Crippen LogP) is 12.8. The summed E-state index contributed by atoms with van der Waals surface area (Å²) < 4.78 is 2.29. The van der Waals surface area contributed by atoms with Gasteiger partial charge in [-0.15, -0.1) is 0 Å². The summed E-state index contributed by atoms with van der Waals surface area (Å²) in [6, 6.07) is 56.7. The van der Waals surface area contributed by atoms with Crippen molar-refractivity contribution >= 4 is 28.2 Å². The van der Waals surface area contributed by atoms with Crippen LogP contribution in [-0.2, 0) is 0 Å². The number of hydrogen-bond acceptors (Lipinski definition) is 1. The molecule has 47 heavy (non-hydrogen) atoms. The Morgan fingerprint density at radius 1 is 0.574 bits per heavy atom. The Kier molecular flexibility index (Phi) is 8.66. The molecule has 0 saturated carbocycles. The van der Waals surface area contributed by atoms with E-state index in [1.807, 2.05) is 0 Å². The molecule has 0 amide bonds. The lowest BCUT2D eigenvalue weighted by Crippen LogP contribution is -2.10. The maximum Gasteiger partial charge on any atom is 0.0607 e. The zero-order valence-corrected chi connectivity index (χ0v) is 26.9. The molecule has 0 bridgehead atoms. The summed E-state index contributed by atoms with van der Waals surface area (Å²) in [6.07, 6.45) is 9.73. The van der Waals surface area contributed by atoms with Gasteiger partial charge in [0, 0.05) is 34.3 Å². The lowest BCUT2D eigenvalue weighted by Gasteiger charge is -2.26. The molecule has 0 unspecified atom stereocenters. The number of allylic oxidation sites excluding steroid dienone is 4. The molecule has 2 nitrogen and oxygen atoms in total. The van der Waals surface area contributed by atoms with Crippen LogP contribution in [0, 0.1) is 0 Å². The van der Waals surface area contributed by atoms with Crippen LogP contribution < -0.4 is 4.90 Å². The van der Waals surface area contributed by atoms with Crippen LogP contribution >= 0.6 is 0 Å². The lowest BCUT2D eigenvalue weighted by molar-refractivity contribution is 1.20. The number of fused-ring (bicyclic) bond motifs is 1. The minimum atomic E-state index is 0.997. The molecule has 0 saturated heterocycles. The molecule has 7 rings (SSSR count). The maximum atomic E-state index is 2.34. The van der Waals surface area contributed by atoms with E-state index >= 15 is 0 Å². The lowest BCUT2D eigenvalue weighted by atomic mass is 10.0. The van der Waals surface area contributed by atoms with Gasteiger partial charge in [-0.2, -0.15) is 0 Å². The molecule has 0 radical (unpaired) electrons. The number of benzene rings is 5. The van der Waals surface area contributed by atoms with Crippen LogP contribution in [0.2, 0.25) is 0 Å². The largest absolute Gasteiger partial charge is 0.316 e. The third-order valence-electron chi connectivity index (χ3n) is 8.63. The number of aromatic nitrogens is 1. The van der Waals surface area contributed by atoms with E-state index in [0.29, 0.717) is 0 Å². The SMILES string of the molecule is C/C=C\C(=C/CC)c1ccc(N(c2ccc(-c3ccccc3)cc2)c2ccc(-c3c(-c4ccccc4)cc4ccccn34)cc2)cc1. The highest BCUT2D eigenvalue weighted by Gasteiger charge is 2.17. The standard InChI is InChI=1S/C45H38N2/c1-3-13-34(14-4-2)36-20-26-40(27-21-36)47(41-28-22-37(23-29-41)35-15-7-5-8-16-35)42-30-24-39(25-31-42)45-44(38-17-9-6-10-18-38)33-43-19-11-12-32-46(43)45/h3,5-33H,4H2,1-2H3/b13-3-,34-14+. The van der Waals surface area contributed by atoms with E-state index in [-0.39, 0.29) is 0 Å². The highest BCUT2D eigenvalue weighted by molar-refractivity contribution is 5.88. The number of pyridine rings is 1. The number of anilines is 3. The quantitative estimate of drug-likeness (QED) is 0.148. The van der Waals surface area contributed by atoms with Crippen molar-refractivity contribution in [1.29, 1.82) is 0 Å². The summed E-state index contributed by atoms with van der Waals surface area (Å²) in [5.74, 6) is 0. The molecular formula is C45H38N2. The minimum Gasteiger partial charge on any atom is -0.316 e. The number of hydrogen-bond donors (Lipinski definition) is 0. The molecule has 2 aromatic heterocycles. The summed E-state index contributed by atoms with van der Waals surface area (Å²) in [6.45, 7) is 4.25. The Morgan fingerprint density at radius 2 is 1.11 bits per heavy atom. The predicted molar refractivity (Wildman–Crippen MR) is 201 cm³/mol. The molecule has 7 aromatic rings. The molecule has 0 aliphatic carbocycles. The fourth-order valence-electron chi connectivity index (χ4n) is 6.39. The normalized spacial score (nSPS) is 11.7. The van der Waals surface area contributed by atoms with Gasteiger partial charge in [-0.3, -0.25) is 0 Å². The van der Waals surface area contributed by atoms with E-state index < -0.39 is 0 Å². The van der Waals surface area contributed by atoms with Gasteiger partial charge in [-0.05, 0) is 101 Å². The Labute approximate surface area is 278 Å². The van der Waals surface area contributed by atoms with Crippen molar-refractivity contribution in [2.45, 2.75) is 20.3 Å². The monoisotopic (exact) mass is 606 g/mol. The minimum absolute atomic E-state index is 0.997. The van der Waals surface area contributed by atoms with E-state index in [1.54, 1.807) is 0 Å². The van der Waals surface area contributed by atoms with E-state index in [4.69, 9.17) is 0 Å². The number of nitrogens with zero attached hydrogens (tertiary/aromatic N) is 2. The topological polar surface area (TPSA) is 7.65 Å². The summed E-state index contributed by atoms with van der Waals surface area (Å²) in [5.41, 5.74) is 14.2. The van der Waals surface area contributed by atoms with Crippen LogP contribution in [0.1, 0.15) is 25.8 Å². The van der Waals surface area contributed by atoms with Gasteiger partial charge < -0.3 is 9.30 Å². The zero-order valence-electron chi connectivity index (χ0n) is 26.9. The highest BCUT2D eigenvalue weighted by atomic mass is 15.1. The van der Waals surface area contributed by atoms with Crippen LogP contribution in [0.3, 0.4) is 0 Å². The molecule has 5 aromatic carbocycles. The molecule has 228 valence electrons. The van der Waals surface area contributed by atoms with Gasteiger partial charge in [0.1, 0.15) is 0 Å². The molecule has 0 fully saturated rings. The second-order valence-electron chi connectivity index (χ2n) is 11.7. The van der Waals surface area contributed by atoms with Crippen molar-refractivity contribution in [1.82, 2.24) is 4.40 Å². The first-order valence-corrected chi connectivity index (χ1v) is 16.4. The van der Waals surface area contributed by atoms with E-state index in [0.717, 1.165) is 23.5 Å². The number of rotatable bonds is 9. The molecule has 2 heterocycles. The molecule has 0 N–H and O–H groups in total. The fraction of sp³-hybridized carbons (Fsp3) is 0.0667. The molecular weight excluding hydrogens is 569 g/mol. The van der Waals surface area contributed by atoms with Crippen molar-refractivity contribution in [3.05, 3.63) is 188 Å². The van der Waals surface area contributed by atoms with Crippen LogP contribution in [0.25, 0.3) is 44.6 Å². The van der Waals surface area contributed by atoms with Crippen LogP contribution in [0.15, 0.2) is 182 Å². The summed E-state index contributed by atoms with van der Waals surface area (Å²) >= 11 is 0. The van der Waals surface area contributed by atoms with E-state index in [9.17, 15) is 0 Å². The van der Waals surface area contributed by atoms with Crippen molar-refractivity contribution in [3.8, 4) is 33.5 Å². The maximum absolute atomic E-state index is 2.34. The van der Waals surface area contributed by atoms with Crippen LogP contribution in [0.4, 0.5) is 17.1 Å². The Balaban J connectivity index is 1.31. The van der Waals surface area contributed by atoms with Gasteiger partial charge in [0.2, 0.25) is 0 Å². The third kappa shape index (κ3) is 6.19. The molecule has 0 aliphatic rings. The van der Waals surface area contributed by atoms with E-state index in [2.05, 4.69) is 205 Å². The van der Waals surface area contributed by atoms with Crippen molar-refractivity contribution in [2.24, 2.45) is 0 Å². The van der Waals surface area contributed by atoms with E-state index in [1.165, 1.54) is 50.2 Å². The summed E-state index contributed by atoms with van der Waals surface area (Å²) in [7, 11) is 0. The summed E-state index contributed by atoms with van der Waals surface area (Å²) in [4.78, 5) is 2.34. The first-order valence-electron chi connectivity index (χ1n) is 16.4. The molecule has 0 spiro atoms. The first kappa shape index (κ1) is 29.8.